The van der Waals surface area contributed by atoms with E-state index in [1.54, 1.807) is 6.20 Å². The average molecular weight is 285 g/mol. The van der Waals surface area contributed by atoms with E-state index in [1.807, 2.05) is 24.3 Å². The Balaban J connectivity index is 1.96. The molecule has 2 rings (SSSR count). The molecule has 0 amide bonds. The lowest BCUT2D eigenvalue weighted by molar-refractivity contribution is 0.309. The van der Waals surface area contributed by atoms with Crippen molar-refractivity contribution in [2.75, 3.05) is 5.73 Å². The van der Waals surface area contributed by atoms with Gasteiger partial charge in [0, 0.05) is 10.7 Å². The zero-order valence-corrected chi connectivity index (χ0v) is 10.2. The zero-order chi connectivity index (χ0) is 10.7. The first-order chi connectivity index (χ1) is 7.24. The zero-order valence-electron chi connectivity index (χ0n) is 7.81. The average Bonchev–Trinajstić information content (AvgIpc) is 2.64. The van der Waals surface area contributed by atoms with Gasteiger partial charge in [0.25, 0.3) is 0 Å². The Morgan fingerprint density at radius 3 is 2.67 bits per heavy atom. The van der Waals surface area contributed by atoms with Crippen molar-refractivity contribution >= 4 is 32.4 Å². The summed E-state index contributed by atoms with van der Waals surface area (Å²) < 4.78 is 6.59. The third-order valence-electron chi connectivity index (χ3n) is 1.77. The van der Waals surface area contributed by atoms with Crippen LogP contribution in [0.3, 0.4) is 0 Å². The first-order valence-electron chi connectivity index (χ1n) is 4.32. The molecular weight excluding hydrogens is 276 g/mol. The molecule has 2 aromatic rings. The maximum absolute atomic E-state index is 5.55. The fourth-order valence-electron chi connectivity index (χ4n) is 1.07. The predicted octanol–water partition coefficient (Wildman–Crippen LogP) is 3.07. The Morgan fingerprint density at radius 1 is 1.33 bits per heavy atom. The van der Waals surface area contributed by atoms with Gasteiger partial charge in [-0.25, -0.2) is 4.98 Å². The summed E-state index contributed by atoms with van der Waals surface area (Å²) in [5, 5.41) is 0.574. The standard InChI is InChI=1S/C10H9BrN2OS/c11-7-1-3-8(4-2-7)14-6-9-5-13-10(12)15-9/h1-5H,6H2,(H2,12,13). The summed E-state index contributed by atoms with van der Waals surface area (Å²) in [6.07, 6.45) is 1.73. The fourth-order valence-corrected chi connectivity index (χ4v) is 1.94. The van der Waals surface area contributed by atoms with Crippen LogP contribution in [0.25, 0.3) is 0 Å². The van der Waals surface area contributed by atoms with E-state index in [0.717, 1.165) is 15.1 Å². The minimum atomic E-state index is 0.510. The molecule has 1 aromatic carbocycles. The summed E-state index contributed by atoms with van der Waals surface area (Å²) >= 11 is 4.81. The van der Waals surface area contributed by atoms with E-state index in [0.29, 0.717) is 11.7 Å². The summed E-state index contributed by atoms with van der Waals surface area (Å²) in [5.41, 5.74) is 5.51. The lowest BCUT2D eigenvalue weighted by Gasteiger charge is -2.03. The Hall–Kier alpha value is -1.07. The van der Waals surface area contributed by atoms with Gasteiger partial charge in [0.2, 0.25) is 0 Å². The van der Waals surface area contributed by atoms with Gasteiger partial charge in [0.1, 0.15) is 12.4 Å². The van der Waals surface area contributed by atoms with E-state index in [9.17, 15) is 0 Å². The van der Waals surface area contributed by atoms with Crippen LogP contribution < -0.4 is 10.5 Å². The smallest absolute Gasteiger partial charge is 0.180 e. The van der Waals surface area contributed by atoms with Crippen molar-refractivity contribution in [2.45, 2.75) is 6.61 Å². The number of nitrogens with two attached hydrogens (primary N) is 1. The SMILES string of the molecule is Nc1ncc(COc2ccc(Br)cc2)s1. The lowest BCUT2D eigenvalue weighted by Crippen LogP contribution is -1.92. The van der Waals surface area contributed by atoms with Crippen molar-refractivity contribution in [1.82, 2.24) is 4.98 Å². The fraction of sp³-hybridized carbons (Fsp3) is 0.100. The van der Waals surface area contributed by atoms with Crippen molar-refractivity contribution in [3.8, 4) is 5.75 Å². The largest absolute Gasteiger partial charge is 0.488 e. The highest BCUT2D eigenvalue weighted by Crippen LogP contribution is 2.19. The molecule has 0 radical (unpaired) electrons. The summed E-state index contributed by atoms with van der Waals surface area (Å²) in [7, 11) is 0. The third-order valence-corrected chi connectivity index (χ3v) is 3.09. The first-order valence-corrected chi connectivity index (χ1v) is 5.93. The van der Waals surface area contributed by atoms with E-state index in [2.05, 4.69) is 20.9 Å². The number of hydrogen-bond acceptors (Lipinski definition) is 4. The molecule has 0 saturated heterocycles. The van der Waals surface area contributed by atoms with Crippen molar-refractivity contribution in [2.24, 2.45) is 0 Å². The highest BCUT2D eigenvalue weighted by Gasteiger charge is 1.99. The molecule has 78 valence electrons. The van der Waals surface area contributed by atoms with Gasteiger partial charge in [-0.2, -0.15) is 0 Å². The van der Waals surface area contributed by atoms with Crippen LogP contribution in [0.1, 0.15) is 4.88 Å². The molecule has 3 nitrogen and oxygen atoms in total. The maximum atomic E-state index is 5.55. The van der Waals surface area contributed by atoms with Gasteiger partial charge in [-0.15, -0.1) is 0 Å². The molecule has 15 heavy (non-hydrogen) atoms. The van der Waals surface area contributed by atoms with Crippen LogP contribution in [-0.2, 0) is 6.61 Å². The van der Waals surface area contributed by atoms with Crippen molar-refractivity contribution in [3.05, 3.63) is 39.8 Å². The van der Waals surface area contributed by atoms with Crippen LogP contribution in [-0.4, -0.2) is 4.98 Å². The molecule has 5 heteroatoms. The Morgan fingerprint density at radius 2 is 2.07 bits per heavy atom. The first kappa shape index (κ1) is 10.4. The van der Waals surface area contributed by atoms with Gasteiger partial charge in [0.15, 0.2) is 5.13 Å². The number of aromatic nitrogens is 1. The molecule has 0 atom stereocenters. The van der Waals surface area contributed by atoms with Gasteiger partial charge >= 0.3 is 0 Å². The monoisotopic (exact) mass is 284 g/mol. The summed E-state index contributed by atoms with van der Waals surface area (Å²) in [6, 6.07) is 7.70. The molecule has 2 N–H and O–H groups in total. The summed E-state index contributed by atoms with van der Waals surface area (Å²) in [5.74, 6) is 0.838. The van der Waals surface area contributed by atoms with Crippen LogP contribution in [0, 0.1) is 0 Å². The van der Waals surface area contributed by atoms with Crippen LogP contribution in [0.15, 0.2) is 34.9 Å². The lowest BCUT2D eigenvalue weighted by atomic mass is 10.3. The molecule has 0 unspecified atom stereocenters. The van der Waals surface area contributed by atoms with Gasteiger partial charge in [-0.1, -0.05) is 27.3 Å². The van der Waals surface area contributed by atoms with Crippen molar-refractivity contribution in [3.63, 3.8) is 0 Å². The second-order valence-corrected chi connectivity index (χ2v) is 4.97. The molecule has 0 bridgehead atoms. The Labute approximate surface area is 100 Å². The van der Waals surface area contributed by atoms with Crippen molar-refractivity contribution in [1.29, 1.82) is 0 Å². The summed E-state index contributed by atoms with van der Waals surface area (Å²) in [4.78, 5) is 4.98. The molecule has 0 saturated carbocycles. The van der Waals surface area contributed by atoms with Crippen LogP contribution >= 0.6 is 27.3 Å². The van der Waals surface area contributed by atoms with E-state index in [-0.39, 0.29) is 0 Å². The number of nitrogens with zero attached hydrogens (tertiary/aromatic N) is 1. The van der Waals surface area contributed by atoms with E-state index in [1.165, 1.54) is 11.3 Å². The Bertz CT molecular complexity index is 441. The molecule has 0 aliphatic heterocycles. The van der Waals surface area contributed by atoms with E-state index in [4.69, 9.17) is 10.5 Å². The predicted molar refractivity (Wildman–Crippen MR) is 65.0 cm³/mol. The molecule has 0 aliphatic rings. The highest BCUT2D eigenvalue weighted by atomic mass is 79.9. The van der Waals surface area contributed by atoms with Crippen molar-refractivity contribution < 1.29 is 4.74 Å². The molecule has 1 aromatic heterocycles. The van der Waals surface area contributed by atoms with Gasteiger partial charge in [-0.05, 0) is 24.3 Å². The van der Waals surface area contributed by atoms with Gasteiger partial charge in [0.05, 0.1) is 4.88 Å². The normalized spacial score (nSPS) is 10.2. The molecule has 0 spiro atoms. The summed E-state index contributed by atoms with van der Waals surface area (Å²) in [6.45, 7) is 0.510. The number of rotatable bonds is 3. The minimum absolute atomic E-state index is 0.510. The van der Waals surface area contributed by atoms with E-state index < -0.39 is 0 Å². The topological polar surface area (TPSA) is 48.1 Å². The maximum Gasteiger partial charge on any atom is 0.180 e. The minimum Gasteiger partial charge on any atom is -0.488 e. The second-order valence-electron chi connectivity index (χ2n) is 2.91. The Kier molecular flexibility index (Phi) is 3.23. The number of ether oxygens (including phenoxy) is 1. The quantitative estimate of drug-likeness (QED) is 0.942. The molecular formula is C10H9BrN2OS. The second kappa shape index (κ2) is 4.63. The molecule has 1 heterocycles. The molecule has 0 aliphatic carbocycles. The number of hydrogen-bond donors (Lipinski definition) is 1. The van der Waals surface area contributed by atoms with E-state index >= 15 is 0 Å². The van der Waals surface area contributed by atoms with Crippen LogP contribution in [0.4, 0.5) is 5.13 Å². The van der Waals surface area contributed by atoms with Crippen LogP contribution in [0.5, 0.6) is 5.75 Å². The van der Waals surface area contributed by atoms with Gasteiger partial charge < -0.3 is 10.5 Å². The highest BCUT2D eigenvalue weighted by molar-refractivity contribution is 9.10. The number of benzene rings is 1. The number of anilines is 1. The number of nitrogen functional groups attached to an aromatic ring is 1. The number of halogens is 1. The van der Waals surface area contributed by atoms with Crippen LogP contribution in [0.2, 0.25) is 0 Å². The van der Waals surface area contributed by atoms with Gasteiger partial charge in [-0.3, -0.25) is 0 Å². The number of thiazole rings is 1. The third kappa shape index (κ3) is 2.94. The molecule has 0 fully saturated rings.